The highest BCUT2D eigenvalue weighted by molar-refractivity contribution is 5.75. The van der Waals surface area contributed by atoms with Crippen LogP contribution in [0.2, 0.25) is 0 Å². The van der Waals surface area contributed by atoms with Crippen molar-refractivity contribution in [2.75, 3.05) is 33.2 Å². The Bertz CT molecular complexity index is 215. The molecule has 0 aromatic rings. The number of rotatable bonds is 4. The molecule has 0 spiro atoms. The average molecular weight is 197 g/mol. The van der Waals surface area contributed by atoms with E-state index >= 15 is 0 Å². The topological polar surface area (TPSA) is 35.6 Å². The van der Waals surface area contributed by atoms with Gasteiger partial charge in [-0.25, -0.2) is 4.79 Å². The van der Waals surface area contributed by atoms with Crippen LogP contribution in [0.4, 0.5) is 4.79 Å². The Morgan fingerprint density at radius 3 is 2.86 bits per heavy atom. The second-order valence-electron chi connectivity index (χ2n) is 4.15. The summed E-state index contributed by atoms with van der Waals surface area (Å²) in [6.45, 7) is 3.64. The summed E-state index contributed by atoms with van der Waals surface area (Å²) >= 11 is 0. The van der Waals surface area contributed by atoms with Crippen LogP contribution in [-0.2, 0) is 0 Å². The summed E-state index contributed by atoms with van der Waals surface area (Å²) in [6.07, 6.45) is 3.56. The van der Waals surface area contributed by atoms with Crippen molar-refractivity contribution in [1.29, 1.82) is 0 Å². The lowest BCUT2D eigenvalue weighted by molar-refractivity contribution is 0.127. The monoisotopic (exact) mass is 197 g/mol. The molecular formula is C10H19N3O. The molecule has 14 heavy (non-hydrogen) atoms. The minimum Gasteiger partial charge on any atom is -0.323 e. The molecule has 1 N–H and O–H groups in total. The maximum atomic E-state index is 11.9. The number of carbonyl (C=O) groups excluding carboxylic acids is 1. The Morgan fingerprint density at radius 1 is 1.43 bits per heavy atom. The molecule has 1 heterocycles. The smallest absolute Gasteiger partial charge is 0.320 e. The molecule has 1 aliphatic heterocycles. The third-order valence-corrected chi connectivity index (χ3v) is 2.96. The summed E-state index contributed by atoms with van der Waals surface area (Å²) in [6, 6.07) is 0.828. The maximum absolute atomic E-state index is 11.9. The lowest BCUT2D eigenvalue weighted by Gasteiger charge is -2.35. The van der Waals surface area contributed by atoms with Gasteiger partial charge in [-0.3, -0.25) is 0 Å². The van der Waals surface area contributed by atoms with Gasteiger partial charge in [-0.15, -0.1) is 0 Å². The number of likely N-dealkylation sites (N-methyl/N-ethyl adjacent to an activating group) is 1. The summed E-state index contributed by atoms with van der Waals surface area (Å²) in [5, 5.41) is 3.08. The fourth-order valence-corrected chi connectivity index (χ4v) is 1.98. The molecule has 4 nitrogen and oxygen atoms in total. The third-order valence-electron chi connectivity index (χ3n) is 2.96. The molecular weight excluding hydrogens is 178 g/mol. The van der Waals surface area contributed by atoms with Crippen molar-refractivity contribution >= 4 is 6.03 Å². The number of amides is 2. The number of nitrogens with one attached hydrogen (secondary N) is 1. The van der Waals surface area contributed by atoms with Gasteiger partial charge in [0.15, 0.2) is 0 Å². The highest BCUT2D eigenvalue weighted by Gasteiger charge is 2.36. The zero-order chi connectivity index (χ0) is 9.97. The van der Waals surface area contributed by atoms with Crippen molar-refractivity contribution in [3.8, 4) is 0 Å². The Kier molecular flexibility index (Phi) is 2.91. The second-order valence-corrected chi connectivity index (χ2v) is 4.15. The molecule has 0 bridgehead atoms. The Balaban J connectivity index is 1.87. The summed E-state index contributed by atoms with van der Waals surface area (Å²) in [5.74, 6) is 0. The molecule has 4 heteroatoms. The maximum Gasteiger partial charge on any atom is 0.320 e. The highest BCUT2D eigenvalue weighted by atomic mass is 16.2. The predicted octanol–water partition coefficient (Wildman–Crippen LogP) is 0.496. The number of carbonyl (C=O) groups is 1. The largest absolute Gasteiger partial charge is 0.323 e. The molecule has 2 rings (SSSR count). The molecule has 2 fully saturated rings. The van der Waals surface area contributed by atoms with E-state index < -0.39 is 0 Å². The quantitative estimate of drug-likeness (QED) is 0.712. The molecule has 0 aromatic heterocycles. The number of nitrogens with zero attached hydrogens (tertiary/aromatic N) is 2. The van der Waals surface area contributed by atoms with Gasteiger partial charge in [0.1, 0.15) is 0 Å². The summed E-state index contributed by atoms with van der Waals surface area (Å²) in [7, 11) is 1.92. The van der Waals surface area contributed by atoms with Crippen LogP contribution in [0, 0.1) is 0 Å². The van der Waals surface area contributed by atoms with Crippen molar-refractivity contribution in [1.82, 2.24) is 15.1 Å². The van der Waals surface area contributed by atoms with Gasteiger partial charge in [-0.2, -0.15) is 0 Å². The molecule has 2 amide bonds. The average Bonchev–Trinajstić information content (AvgIpc) is 3.00. The van der Waals surface area contributed by atoms with E-state index in [4.69, 9.17) is 0 Å². The molecule has 0 radical (unpaired) electrons. The van der Waals surface area contributed by atoms with E-state index in [0.717, 1.165) is 32.6 Å². The van der Waals surface area contributed by atoms with E-state index in [0.29, 0.717) is 6.04 Å². The molecule has 0 unspecified atom stereocenters. The van der Waals surface area contributed by atoms with Crippen LogP contribution in [0.15, 0.2) is 0 Å². The normalized spacial score (nSPS) is 23.1. The first kappa shape index (κ1) is 9.77. The van der Waals surface area contributed by atoms with E-state index in [1.165, 1.54) is 12.8 Å². The van der Waals surface area contributed by atoms with E-state index in [1.54, 1.807) is 0 Å². The first-order valence-electron chi connectivity index (χ1n) is 5.53. The minimum absolute atomic E-state index is 0.258. The zero-order valence-corrected chi connectivity index (χ0v) is 8.83. The molecule has 80 valence electrons. The fourth-order valence-electron chi connectivity index (χ4n) is 1.98. The molecule has 0 aromatic carbocycles. The molecule has 1 aliphatic carbocycles. The first-order chi connectivity index (χ1) is 6.83. The van der Waals surface area contributed by atoms with E-state index in [9.17, 15) is 4.79 Å². The fraction of sp³-hybridized carbons (Fsp3) is 0.900. The van der Waals surface area contributed by atoms with E-state index in [2.05, 4.69) is 10.2 Å². The van der Waals surface area contributed by atoms with Crippen LogP contribution in [0.25, 0.3) is 0 Å². The van der Waals surface area contributed by atoms with Gasteiger partial charge in [-0.05, 0) is 26.3 Å². The summed E-state index contributed by atoms with van der Waals surface area (Å²) in [5.41, 5.74) is 0. The Hall–Kier alpha value is -0.770. The molecule has 0 atom stereocenters. The van der Waals surface area contributed by atoms with Crippen LogP contribution in [-0.4, -0.2) is 55.1 Å². The van der Waals surface area contributed by atoms with Gasteiger partial charge in [0.25, 0.3) is 0 Å². The van der Waals surface area contributed by atoms with Crippen molar-refractivity contribution in [3.05, 3.63) is 0 Å². The first-order valence-corrected chi connectivity index (χ1v) is 5.53. The Morgan fingerprint density at radius 2 is 2.21 bits per heavy atom. The van der Waals surface area contributed by atoms with Crippen LogP contribution >= 0.6 is 0 Å². The van der Waals surface area contributed by atoms with E-state index in [1.807, 2.05) is 11.9 Å². The van der Waals surface area contributed by atoms with Crippen LogP contribution in [0.1, 0.15) is 19.3 Å². The molecule has 1 saturated heterocycles. The van der Waals surface area contributed by atoms with Crippen LogP contribution < -0.4 is 5.32 Å². The summed E-state index contributed by atoms with van der Waals surface area (Å²) in [4.78, 5) is 16.0. The molecule has 2 aliphatic rings. The molecule has 1 saturated carbocycles. The second kappa shape index (κ2) is 4.17. The van der Waals surface area contributed by atoms with Gasteiger partial charge in [0.2, 0.25) is 0 Å². The van der Waals surface area contributed by atoms with Gasteiger partial charge in [-0.1, -0.05) is 0 Å². The SMILES string of the molecule is CNCCN1CCCN(C2CC2)C1=O. The minimum atomic E-state index is 0.258. The van der Waals surface area contributed by atoms with E-state index in [-0.39, 0.29) is 6.03 Å². The van der Waals surface area contributed by atoms with Crippen molar-refractivity contribution in [3.63, 3.8) is 0 Å². The highest BCUT2D eigenvalue weighted by Crippen LogP contribution is 2.29. The lowest BCUT2D eigenvalue weighted by Crippen LogP contribution is -2.51. The van der Waals surface area contributed by atoms with Gasteiger partial charge in [0.05, 0.1) is 0 Å². The number of urea groups is 1. The number of hydrogen-bond donors (Lipinski definition) is 1. The van der Waals surface area contributed by atoms with Crippen molar-refractivity contribution in [2.45, 2.75) is 25.3 Å². The summed E-state index contributed by atoms with van der Waals surface area (Å²) < 4.78 is 0. The standard InChI is InChI=1S/C10H19N3O/c1-11-5-8-12-6-2-7-13(10(12)14)9-3-4-9/h9,11H,2-8H2,1H3. The van der Waals surface area contributed by atoms with Gasteiger partial charge in [0, 0.05) is 32.2 Å². The van der Waals surface area contributed by atoms with Crippen LogP contribution in [0.3, 0.4) is 0 Å². The van der Waals surface area contributed by atoms with Crippen molar-refractivity contribution in [2.24, 2.45) is 0 Å². The zero-order valence-electron chi connectivity index (χ0n) is 8.83. The lowest BCUT2D eigenvalue weighted by atomic mass is 10.3. The van der Waals surface area contributed by atoms with Gasteiger partial charge >= 0.3 is 6.03 Å². The van der Waals surface area contributed by atoms with Crippen molar-refractivity contribution < 1.29 is 4.79 Å². The Labute approximate surface area is 85.2 Å². The number of hydrogen-bond acceptors (Lipinski definition) is 2. The van der Waals surface area contributed by atoms with Gasteiger partial charge < -0.3 is 15.1 Å². The van der Waals surface area contributed by atoms with Crippen LogP contribution in [0.5, 0.6) is 0 Å². The third kappa shape index (κ3) is 2.00. The predicted molar refractivity (Wildman–Crippen MR) is 55.2 cm³/mol.